The van der Waals surface area contributed by atoms with Crippen molar-refractivity contribution in [2.45, 2.75) is 19.1 Å². The van der Waals surface area contributed by atoms with Gasteiger partial charge in [-0.2, -0.15) is 0 Å². The van der Waals surface area contributed by atoms with Gasteiger partial charge >= 0.3 is 0 Å². The summed E-state index contributed by atoms with van der Waals surface area (Å²) in [6, 6.07) is 12.7. The van der Waals surface area contributed by atoms with Crippen LogP contribution in [0, 0.1) is 11.3 Å². The molecule has 34 heavy (non-hydrogen) atoms. The Labute approximate surface area is 202 Å². The SMILES string of the molecule is COc1cccc(N2C(=N)C3C(C)NNC3N=C2SCC(=O)Nc2cc(OC)ccc2OC)c1. The van der Waals surface area contributed by atoms with Crippen LogP contribution in [0.4, 0.5) is 11.4 Å². The maximum Gasteiger partial charge on any atom is 0.234 e. The van der Waals surface area contributed by atoms with E-state index in [1.165, 1.54) is 11.8 Å². The third-order valence-corrected chi connectivity index (χ3v) is 6.61. The molecule has 2 aliphatic rings. The Morgan fingerprint density at radius 3 is 2.62 bits per heavy atom. The molecule has 2 heterocycles. The van der Waals surface area contributed by atoms with Crippen LogP contribution >= 0.6 is 11.8 Å². The summed E-state index contributed by atoms with van der Waals surface area (Å²) in [5.74, 6) is 1.93. The molecule has 2 aromatic carbocycles. The molecule has 0 radical (unpaired) electrons. The van der Waals surface area contributed by atoms with Crippen molar-refractivity contribution >= 4 is 40.0 Å². The topological polar surface area (TPSA) is 120 Å². The monoisotopic (exact) mass is 484 g/mol. The van der Waals surface area contributed by atoms with E-state index in [2.05, 4.69) is 16.2 Å². The number of amidine groups is 2. The summed E-state index contributed by atoms with van der Waals surface area (Å²) in [5, 5.41) is 12.4. The van der Waals surface area contributed by atoms with E-state index in [9.17, 15) is 4.79 Å². The summed E-state index contributed by atoms with van der Waals surface area (Å²) in [7, 11) is 4.71. The second-order valence-electron chi connectivity index (χ2n) is 7.78. The molecule has 2 aliphatic heterocycles. The van der Waals surface area contributed by atoms with Gasteiger partial charge in [-0.05, 0) is 31.2 Å². The van der Waals surface area contributed by atoms with Gasteiger partial charge in [-0.1, -0.05) is 17.8 Å². The van der Waals surface area contributed by atoms with Crippen LogP contribution in [-0.4, -0.2) is 56.2 Å². The molecule has 3 unspecified atom stereocenters. The van der Waals surface area contributed by atoms with E-state index in [0.29, 0.717) is 33.9 Å². The molecule has 1 fully saturated rings. The van der Waals surface area contributed by atoms with Gasteiger partial charge in [-0.25, -0.2) is 10.4 Å². The largest absolute Gasteiger partial charge is 0.497 e. The van der Waals surface area contributed by atoms with E-state index in [0.717, 1.165) is 5.69 Å². The second-order valence-corrected chi connectivity index (χ2v) is 8.73. The van der Waals surface area contributed by atoms with Crippen LogP contribution < -0.4 is 35.3 Å². The van der Waals surface area contributed by atoms with Gasteiger partial charge in [0.15, 0.2) is 5.17 Å². The molecule has 11 heteroatoms. The Morgan fingerprint density at radius 2 is 1.88 bits per heavy atom. The van der Waals surface area contributed by atoms with Gasteiger partial charge in [0.25, 0.3) is 0 Å². The summed E-state index contributed by atoms with van der Waals surface area (Å²) >= 11 is 1.26. The predicted molar refractivity (Wildman–Crippen MR) is 134 cm³/mol. The zero-order chi connectivity index (χ0) is 24.2. The molecule has 180 valence electrons. The minimum atomic E-state index is -0.284. The average Bonchev–Trinajstić information content (AvgIpc) is 3.23. The lowest BCUT2D eigenvalue weighted by atomic mass is 9.97. The average molecular weight is 485 g/mol. The highest BCUT2D eigenvalue weighted by molar-refractivity contribution is 8.14. The van der Waals surface area contributed by atoms with Crippen LogP contribution in [-0.2, 0) is 4.79 Å². The van der Waals surface area contributed by atoms with E-state index in [1.54, 1.807) is 44.4 Å². The number of aliphatic imine (C=N–C) groups is 1. The van der Waals surface area contributed by atoms with E-state index in [-0.39, 0.29) is 29.8 Å². The van der Waals surface area contributed by atoms with Crippen molar-refractivity contribution in [3.63, 3.8) is 0 Å². The number of carbonyl (C=O) groups excluding carboxylic acids is 1. The molecule has 2 aromatic rings. The van der Waals surface area contributed by atoms with Gasteiger partial charge in [-0.15, -0.1) is 0 Å². The van der Waals surface area contributed by atoms with Crippen LogP contribution in [0.3, 0.4) is 0 Å². The molecular weight excluding hydrogens is 456 g/mol. The van der Waals surface area contributed by atoms with Crippen molar-refractivity contribution in [1.29, 1.82) is 5.41 Å². The lowest BCUT2D eigenvalue weighted by Crippen LogP contribution is -2.50. The molecule has 1 saturated heterocycles. The van der Waals surface area contributed by atoms with Crippen molar-refractivity contribution < 1.29 is 19.0 Å². The van der Waals surface area contributed by atoms with E-state index >= 15 is 0 Å². The van der Waals surface area contributed by atoms with Gasteiger partial charge in [0.1, 0.15) is 29.2 Å². The van der Waals surface area contributed by atoms with Gasteiger partial charge in [-0.3, -0.25) is 20.5 Å². The lowest BCUT2D eigenvalue weighted by Gasteiger charge is -2.36. The molecule has 1 amide bonds. The maximum atomic E-state index is 12.8. The van der Waals surface area contributed by atoms with Crippen LogP contribution in [0.2, 0.25) is 0 Å². The number of carbonyl (C=O) groups is 1. The van der Waals surface area contributed by atoms with Crippen LogP contribution in [0.15, 0.2) is 47.5 Å². The quantitative estimate of drug-likeness (QED) is 0.474. The van der Waals surface area contributed by atoms with Gasteiger partial charge in [0, 0.05) is 18.2 Å². The Bertz CT molecular complexity index is 1110. The van der Waals surface area contributed by atoms with Crippen molar-refractivity contribution in [3.8, 4) is 17.2 Å². The molecule has 0 bridgehead atoms. The van der Waals surface area contributed by atoms with E-state index in [1.807, 2.05) is 31.2 Å². The van der Waals surface area contributed by atoms with Gasteiger partial charge in [0.2, 0.25) is 5.91 Å². The van der Waals surface area contributed by atoms with Crippen molar-refractivity contribution in [2.24, 2.45) is 10.9 Å². The number of hydrazine groups is 1. The molecule has 3 atom stereocenters. The van der Waals surface area contributed by atoms with Gasteiger partial charge < -0.3 is 19.5 Å². The van der Waals surface area contributed by atoms with Gasteiger partial charge in [0.05, 0.1) is 44.4 Å². The number of nitrogens with zero attached hydrogens (tertiary/aromatic N) is 2. The zero-order valence-corrected chi connectivity index (χ0v) is 20.2. The summed E-state index contributed by atoms with van der Waals surface area (Å²) in [6.07, 6.45) is -0.284. The first kappa shape index (κ1) is 23.9. The number of hydrogen-bond acceptors (Lipinski definition) is 9. The van der Waals surface area contributed by atoms with Crippen molar-refractivity contribution in [2.75, 3.05) is 37.3 Å². The number of thioether (sulfide) groups is 1. The highest BCUT2D eigenvalue weighted by Crippen LogP contribution is 2.33. The zero-order valence-electron chi connectivity index (χ0n) is 19.4. The minimum Gasteiger partial charge on any atom is -0.497 e. The van der Waals surface area contributed by atoms with E-state index < -0.39 is 0 Å². The highest BCUT2D eigenvalue weighted by atomic mass is 32.2. The molecule has 0 saturated carbocycles. The second kappa shape index (κ2) is 10.3. The Morgan fingerprint density at radius 1 is 1.12 bits per heavy atom. The normalized spacial score (nSPS) is 21.5. The van der Waals surface area contributed by atoms with Crippen LogP contribution in [0.25, 0.3) is 0 Å². The first-order chi connectivity index (χ1) is 16.4. The number of methoxy groups -OCH3 is 3. The molecule has 0 aliphatic carbocycles. The Balaban J connectivity index is 1.55. The standard InChI is InChI=1S/C23H28N6O4S/c1-13-20-21(24)29(14-6-5-7-15(10-14)31-2)23(26-22(20)28-27-13)34-12-19(30)25-17-11-16(32-3)8-9-18(17)33-4/h5-11,13,20,22,24,27-28H,12H2,1-4H3,(H,25,30). The Kier molecular flexibility index (Phi) is 7.25. The number of nitrogens with one attached hydrogen (secondary N) is 4. The minimum absolute atomic E-state index is 0.0322. The van der Waals surface area contributed by atoms with Crippen molar-refractivity contribution in [1.82, 2.24) is 10.9 Å². The molecule has 4 rings (SSSR count). The summed E-state index contributed by atoms with van der Waals surface area (Å²) in [5.41, 5.74) is 7.58. The predicted octanol–water partition coefficient (Wildman–Crippen LogP) is 2.68. The smallest absolute Gasteiger partial charge is 0.234 e. The number of fused-ring (bicyclic) bond motifs is 1. The number of rotatable bonds is 7. The first-order valence-corrected chi connectivity index (χ1v) is 11.7. The lowest BCUT2D eigenvalue weighted by molar-refractivity contribution is -0.113. The fourth-order valence-electron chi connectivity index (χ4n) is 3.93. The fraction of sp³-hybridized carbons (Fsp3) is 0.348. The molecule has 4 N–H and O–H groups in total. The third-order valence-electron chi connectivity index (χ3n) is 5.66. The fourth-order valence-corrected chi connectivity index (χ4v) is 4.78. The molecule has 0 spiro atoms. The molecular formula is C23H28N6O4S. The number of hydrogen-bond donors (Lipinski definition) is 4. The Hall–Kier alpha value is -3.28. The number of anilines is 2. The third kappa shape index (κ3) is 4.81. The van der Waals surface area contributed by atoms with Crippen LogP contribution in [0.1, 0.15) is 6.92 Å². The van der Waals surface area contributed by atoms with Crippen LogP contribution in [0.5, 0.6) is 17.2 Å². The molecule has 0 aromatic heterocycles. The van der Waals surface area contributed by atoms with E-state index in [4.69, 9.17) is 24.6 Å². The number of ether oxygens (including phenoxy) is 3. The molecule has 10 nitrogen and oxygen atoms in total. The highest BCUT2D eigenvalue weighted by Gasteiger charge is 2.43. The number of amides is 1. The summed E-state index contributed by atoms with van der Waals surface area (Å²) in [6.45, 7) is 2.01. The first-order valence-electron chi connectivity index (χ1n) is 10.7. The summed E-state index contributed by atoms with van der Waals surface area (Å²) in [4.78, 5) is 19.4. The number of benzene rings is 2. The maximum absolute atomic E-state index is 12.8. The summed E-state index contributed by atoms with van der Waals surface area (Å²) < 4.78 is 16.0. The van der Waals surface area contributed by atoms with Crippen molar-refractivity contribution in [3.05, 3.63) is 42.5 Å².